The molecular formula is C27H37N3O4. The van der Waals surface area contributed by atoms with E-state index in [1.165, 1.54) is 23.4 Å². The Bertz CT molecular complexity index is 1050. The number of ether oxygens (including phenoxy) is 1. The summed E-state index contributed by atoms with van der Waals surface area (Å²) in [6.45, 7) is 6.72. The van der Waals surface area contributed by atoms with Gasteiger partial charge in [0.1, 0.15) is 6.10 Å². The number of carbonyl (C=O) groups is 1. The number of rotatable bonds is 6. The lowest BCUT2D eigenvalue weighted by Gasteiger charge is -2.50. The highest BCUT2D eigenvalue weighted by Gasteiger charge is 2.49. The molecule has 0 bridgehead atoms. The second-order valence-corrected chi connectivity index (χ2v) is 10.6. The quantitative estimate of drug-likeness (QED) is 0.701. The van der Waals surface area contributed by atoms with Crippen molar-refractivity contribution >= 4 is 5.91 Å². The molecule has 184 valence electrons. The molecule has 1 N–H and O–H groups in total. The Morgan fingerprint density at radius 2 is 1.91 bits per heavy atom. The van der Waals surface area contributed by atoms with Gasteiger partial charge in [0.05, 0.1) is 30.3 Å². The third-order valence-corrected chi connectivity index (χ3v) is 7.63. The van der Waals surface area contributed by atoms with Crippen LogP contribution in [0, 0.1) is 5.41 Å². The van der Waals surface area contributed by atoms with E-state index >= 15 is 0 Å². The zero-order valence-electron chi connectivity index (χ0n) is 20.6. The zero-order valence-corrected chi connectivity index (χ0v) is 20.6. The normalized spacial score (nSPS) is 24.1. The number of amides is 1. The van der Waals surface area contributed by atoms with Gasteiger partial charge in [0.2, 0.25) is 0 Å². The molecule has 1 aromatic carbocycles. The summed E-state index contributed by atoms with van der Waals surface area (Å²) in [6.07, 6.45) is 7.19. The van der Waals surface area contributed by atoms with Gasteiger partial charge in [0.15, 0.2) is 0 Å². The molecule has 1 aromatic heterocycles. The Morgan fingerprint density at radius 1 is 1.21 bits per heavy atom. The van der Waals surface area contributed by atoms with Crippen molar-refractivity contribution in [3.8, 4) is 11.3 Å². The number of likely N-dealkylation sites (tertiary alicyclic amines) is 1. The zero-order chi connectivity index (χ0) is 24.3. The van der Waals surface area contributed by atoms with Crippen LogP contribution in [0.25, 0.3) is 11.3 Å². The molecule has 1 aliphatic heterocycles. The van der Waals surface area contributed by atoms with Crippen molar-refractivity contribution in [3.05, 3.63) is 53.1 Å². The van der Waals surface area contributed by atoms with Gasteiger partial charge in [-0.1, -0.05) is 63.4 Å². The van der Waals surface area contributed by atoms with Gasteiger partial charge >= 0.3 is 0 Å². The summed E-state index contributed by atoms with van der Waals surface area (Å²) in [4.78, 5) is 32.2. The van der Waals surface area contributed by atoms with Gasteiger partial charge in [-0.15, -0.1) is 0 Å². The van der Waals surface area contributed by atoms with Crippen molar-refractivity contribution in [2.75, 3.05) is 13.1 Å². The average molecular weight is 468 g/mol. The maximum absolute atomic E-state index is 13.1. The monoisotopic (exact) mass is 467 g/mol. The van der Waals surface area contributed by atoms with Crippen molar-refractivity contribution in [3.63, 3.8) is 0 Å². The summed E-state index contributed by atoms with van der Waals surface area (Å²) in [5, 5.41) is 11.6. The van der Waals surface area contributed by atoms with Crippen LogP contribution in [0.4, 0.5) is 0 Å². The molecule has 1 saturated heterocycles. The van der Waals surface area contributed by atoms with Gasteiger partial charge in [-0.05, 0) is 26.2 Å². The topological polar surface area (TPSA) is 84.7 Å². The first-order chi connectivity index (χ1) is 16.2. The van der Waals surface area contributed by atoms with Crippen LogP contribution in [-0.2, 0) is 16.1 Å². The third kappa shape index (κ3) is 5.26. The Hall–Kier alpha value is -2.51. The molecule has 2 fully saturated rings. The van der Waals surface area contributed by atoms with E-state index in [1.54, 1.807) is 0 Å². The Kier molecular flexibility index (Phi) is 7.24. The van der Waals surface area contributed by atoms with Crippen LogP contribution >= 0.6 is 0 Å². The third-order valence-electron chi connectivity index (χ3n) is 7.63. The van der Waals surface area contributed by atoms with Crippen LogP contribution in [0.3, 0.4) is 0 Å². The summed E-state index contributed by atoms with van der Waals surface area (Å²) >= 11 is 0. The van der Waals surface area contributed by atoms with Crippen molar-refractivity contribution in [2.45, 2.75) is 83.6 Å². The van der Waals surface area contributed by atoms with E-state index in [4.69, 9.17) is 4.74 Å². The first-order valence-corrected chi connectivity index (χ1v) is 12.5. The minimum atomic E-state index is -1.14. The Balaban J connectivity index is 1.42. The molecule has 2 unspecified atom stereocenters. The van der Waals surface area contributed by atoms with Gasteiger partial charge < -0.3 is 14.7 Å². The minimum absolute atomic E-state index is 0.0215. The SMILES string of the molecule is CC(OC1CCCCC1)C(=O)N1CCC(O)(Cn2cnc(-c3ccccc3)cc2=O)C(C)(C)C1. The van der Waals surface area contributed by atoms with Crippen LogP contribution < -0.4 is 5.56 Å². The largest absolute Gasteiger partial charge is 0.387 e. The van der Waals surface area contributed by atoms with Gasteiger partial charge in [-0.2, -0.15) is 0 Å². The lowest BCUT2D eigenvalue weighted by molar-refractivity contribution is -0.165. The molecule has 2 heterocycles. The predicted molar refractivity (Wildman–Crippen MR) is 131 cm³/mol. The highest BCUT2D eigenvalue weighted by Crippen LogP contribution is 2.40. The molecule has 34 heavy (non-hydrogen) atoms. The number of hydrogen-bond acceptors (Lipinski definition) is 5. The van der Waals surface area contributed by atoms with E-state index in [0.717, 1.165) is 31.2 Å². The fourth-order valence-corrected chi connectivity index (χ4v) is 5.24. The maximum atomic E-state index is 13.1. The van der Waals surface area contributed by atoms with E-state index < -0.39 is 17.1 Å². The first kappa shape index (κ1) is 24.6. The van der Waals surface area contributed by atoms with E-state index in [-0.39, 0.29) is 24.1 Å². The van der Waals surface area contributed by atoms with Gasteiger partial charge in [0, 0.05) is 30.1 Å². The van der Waals surface area contributed by atoms with Crippen LogP contribution in [0.15, 0.2) is 47.5 Å². The fraction of sp³-hybridized carbons (Fsp3) is 0.593. The van der Waals surface area contributed by atoms with Crippen LogP contribution in [0.2, 0.25) is 0 Å². The predicted octanol–water partition coefficient (Wildman–Crippen LogP) is 3.64. The van der Waals surface area contributed by atoms with E-state index in [0.29, 0.717) is 25.2 Å². The maximum Gasteiger partial charge on any atom is 0.253 e. The summed E-state index contributed by atoms with van der Waals surface area (Å²) in [7, 11) is 0. The number of piperidine rings is 1. The Morgan fingerprint density at radius 3 is 2.56 bits per heavy atom. The molecule has 1 saturated carbocycles. The number of aromatic nitrogens is 2. The molecule has 1 amide bonds. The first-order valence-electron chi connectivity index (χ1n) is 12.5. The smallest absolute Gasteiger partial charge is 0.253 e. The van der Waals surface area contributed by atoms with E-state index in [1.807, 2.05) is 56.0 Å². The average Bonchev–Trinajstić information content (AvgIpc) is 2.83. The van der Waals surface area contributed by atoms with E-state index in [9.17, 15) is 14.7 Å². The number of aliphatic hydroxyl groups is 1. The van der Waals surface area contributed by atoms with Gasteiger partial charge in [-0.25, -0.2) is 4.98 Å². The summed E-state index contributed by atoms with van der Waals surface area (Å²) in [5.74, 6) is -0.0215. The molecule has 4 rings (SSSR count). The Labute approximate surface area is 201 Å². The molecule has 2 aliphatic rings. The lowest BCUT2D eigenvalue weighted by atomic mass is 9.69. The minimum Gasteiger partial charge on any atom is -0.387 e. The summed E-state index contributed by atoms with van der Waals surface area (Å²) < 4.78 is 7.55. The van der Waals surface area contributed by atoms with Crippen molar-refractivity contribution in [1.29, 1.82) is 0 Å². The standard InChI is InChI=1S/C27H37N3O4/c1-20(34-22-12-8-5-9-13-22)25(32)29-15-14-27(33,26(2,3)17-29)18-30-19-28-23(16-24(30)31)21-10-6-4-7-11-21/h4,6-7,10-11,16,19-20,22,33H,5,8-9,12-15,17-18H2,1-3H3. The second kappa shape index (κ2) is 10.0. The van der Waals surface area contributed by atoms with Crippen LogP contribution in [0.5, 0.6) is 0 Å². The highest BCUT2D eigenvalue weighted by atomic mass is 16.5. The summed E-state index contributed by atoms with van der Waals surface area (Å²) in [5.41, 5.74) is -0.464. The molecule has 0 radical (unpaired) electrons. The van der Waals surface area contributed by atoms with Crippen LogP contribution in [-0.4, -0.2) is 56.4 Å². The molecule has 7 heteroatoms. The number of nitrogens with zero attached hydrogens (tertiary/aromatic N) is 3. The molecule has 7 nitrogen and oxygen atoms in total. The van der Waals surface area contributed by atoms with Crippen molar-refractivity contribution in [1.82, 2.24) is 14.5 Å². The molecular weight excluding hydrogens is 430 g/mol. The molecule has 1 aliphatic carbocycles. The lowest BCUT2D eigenvalue weighted by Crippen LogP contribution is -2.61. The number of carbonyl (C=O) groups excluding carboxylic acids is 1. The molecule has 2 aromatic rings. The van der Waals surface area contributed by atoms with Crippen LogP contribution in [0.1, 0.15) is 59.3 Å². The van der Waals surface area contributed by atoms with Crippen molar-refractivity contribution in [2.24, 2.45) is 5.41 Å². The van der Waals surface area contributed by atoms with E-state index in [2.05, 4.69) is 4.98 Å². The highest BCUT2D eigenvalue weighted by molar-refractivity contribution is 5.80. The fourth-order valence-electron chi connectivity index (χ4n) is 5.24. The number of hydrogen-bond donors (Lipinski definition) is 1. The number of benzene rings is 1. The van der Waals surface area contributed by atoms with Crippen molar-refractivity contribution < 1.29 is 14.6 Å². The summed E-state index contributed by atoms with van der Waals surface area (Å²) in [6, 6.07) is 11.1. The molecule has 0 spiro atoms. The van der Waals surface area contributed by atoms with Gasteiger partial charge in [-0.3, -0.25) is 14.2 Å². The molecule has 2 atom stereocenters. The second-order valence-electron chi connectivity index (χ2n) is 10.6. The van der Waals surface area contributed by atoms with Gasteiger partial charge in [0.25, 0.3) is 11.5 Å².